The third kappa shape index (κ3) is 3.49. The van der Waals surface area contributed by atoms with E-state index >= 15 is 0 Å². The van der Waals surface area contributed by atoms with Gasteiger partial charge in [0, 0.05) is 25.8 Å². The van der Waals surface area contributed by atoms with Crippen LogP contribution in [0.25, 0.3) is 0 Å². The smallest absolute Gasteiger partial charge is 0.319 e. The highest BCUT2D eigenvalue weighted by Gasteiger charge is 2.18. The number of hydrogen-bond acceptors (Lipinski definition) is 3. The van der Waals surface area contributed by atoms with Crippen molar-refractivity contribution in [2.45, 2.75) is 12.5 Å². The van der Waals surface area contributed by atoms with Crippen LogP contribution in [0.3, 0.4) is 0 Å². The molecular weight excluding hydrogens is 309 g/mol. The molecule has 1 aliphatic heterocycles. The third-order valence-electron chi connectivity index (χ3n) is 4.19. The summed E-state index contributed by atoms with van der Waals surface area (Å²) in [5.41, 5.74) is 3.24. The van der Waals surface area contributed by atoms with Gasteiger partial charge in [-0.1, -0.05) is 24.3 Å². The minimum Gasteiger partial charge on any atom is -0.387 e. The Labute approximate surface area is 140 Å². The van der Waals surface area contributed by atoms with Gasteiger partial charge in [0.2, 0.25) is 0 Å². The topological polar surface area (TPSA) is 64.6 Å². The van der Waals surface area contributed by atoms with Crippen molar-refractivity contribution in [1.82, 2.24) is 5.32 Å². The van der Waals surface area contributed by atoms with E-state index in [1.54, 1.807) is 12.1 Å². The van der Waals surface area contributed by atoms with Gasteiger partial charge in [-0.15, -0.1) is 0 Å². The number of urea groups is 1. The molecule has 6 heteroatoms. The maximum atomic E-state index is 13.5. The van der Waals surface area contributed by atoms with Gasteiger partial charge in [-0.3, -0.25) is 0 Å². The highest BCUT2D eigenvalue weighted by atomic mass is 19.1. The summed E-state index contributed by atoms with van der Waals surface area (Å²) in [6.07, 6.45) is 0.140. The van der Waals surface area contributed by atoms with Crippen LogP contribution in [0.5, 0.6) is 0 Å². The van der Waals surface area contributed by atoms with Gasteiger partial charge in [0.25, 0.3) is 0 Å². The maximum Gasteiger partial charge on any atom is 0.319 e. The largest absolute Gasteiger partial charge is 0.387 e. The van der Waals surface area contributed by atoms with Crippen LogP contribution in [-0.2, 0) is 6.42 Å². The quantitative estimate of drug-likeness (QED) is 0.808. The second-order valence-corrected chi connectivity index (χ2v) is 5.89. The highest BCUT2D eigenvalue weighted by Crippen LogP contribution is 2.29. The minimum atomic E-state index is -0.812. The minimum absolute atomic E-state index is 0.0505. The molecule has 1 atom stereocenters. The zero-order chi connectivity index (χ0) is 17.1. The molecule has 0 fully saturated rings. The molecule has 126 valence electrons. The van der Waals surface area contributed by atoms with Gasteiger partial charge >= 0.3 is 6.03 Å². The van der Waals surface area contributed by atoms with Gasteiger partial charge in [-0.25, -0.2) is 9.18 Å². The summed E-state index contributed by atoms with van der Waals surface area (Å²) >= 11 is 0. The molecule has 5 nitrogen and oxygen atoms in total. The van der Waals surface area contributed by atoms with Gasteiger partial charge in [0.05, 0.1) is 11.8 Å². The van der Waals surface area contributed by atoms with Crippen molar-refractivity contribution >= 4 is 17.4 Å². The third-order valence-corrected chi connectivity index (χ3v) is 4.19. The predicted octanol–water partition coefficient (Wildman–Crippen LogP) is 2.67. The molecule has 3 rings (SSSR count). The lowest BCUT2D eigenvalue weighted by molar-refractivity contribution is 0.175. The fraction of sp³-hybridized carbons (Fsp3) is 0.278. The van der Waals surface area contributed by atoms with E-state index in [-0.39, 0.29) is 12.2 Å². The van der Waals surface area contributed by atoms with E-state index in [0.717, 1.165) is 18.5 Å². The number of carbonyl (C=O) groups excluding carboxylic acids is 1. The molecule has 0 spiro atoms. The number of aliphatic hydroxyl groups is 1. The van der Waals surface area contributed by atoms with Crippen molar-refractivity contribution < 1.29 is 14.3 Å². The SMILES string of the molecule is CN1CCc2cc(C(O)CNC(=O)Nc3ccccc3F)ccc21. The summed E-state index contributed by atoms with van der Waals surface area (Å²) in [7, 11) is 2.04. The first-order chi connectivity index (χ1) is 11.5. The summed E-state index contributed by atoms with van der Waals surface area (Å²) < 4.78 is 13.5. The van der Waals surface area contributed by atoms with E-state index in [4.69, 9.17) is 0 Å². The Kier molecular flexibility index (Phi) is 4.66. The monoisotopic (exact) mass is 329 g/mol. The van der Waals surface area contributed by atoms with Crippen LogP contribution in [0.15, 0.2) is 42.5 Å². The Morgan fingerprint density at radius 3 is 2.92 bits per heavy atom. The molecule has 0 saturated heterocycles. The van der Waals surface area contributed by atoms with E-state index in [0.29, 0.717) is 0 Å². The number of benzene rings is 2. The van der Waals surface area contributed by atoms with Gasteiger partial charge in [-0.2, -0.15) is 0 Å². The zero-order valence-corrected chi connectivity index (χ0v) is 13.4. The molecule has 24 heavy (non-hydrogen) atoms. The first kappa shape index (κ1) is 16.3. The number of aliphatic hydroxyl groups excluding tert-OH is 1. The van der Waals surface area contributed by atoms with E-state index in [2.05, 4.69) is 15.5 Å². The number of anilines is 2. The van der Waals surface area contributed by atoms with Crippen LogP contribution >= 0.6 is 0 Å². The molecule has 3 N–H and O–H groups in total. The van der Waals surface area contributed by atoms with Crippen molar-refractivity contribution in [2.75, 3.05) is 30.4 Å². The summed E-state index contributed by atoms with van der Waals surface area (Å²) in [5.74, 6) is -0.504. The molecule has 2 aromatic rings. The molecule has 0 aliphatic carbocycles. The van der Waals surface area contributed by atoms with Crippen molar-refractivity contribution in [1.29, 1.82) is 0 Å². The standard InChI is InChI=1S/C18H20FN3O2/c1-22-9-8-12-10-13(6-7-16(12)22)17(23)11-20-18(24)21-15-5-3-2-4-14(15)19/h2-7,10,17,23H,8-9,11H2,1H3,(H2,20,21,24). The maximum absolute atomic E-state index is 13.5. The zero-order valence-electron chi connectivity index (χ0n) is 13.4. The second-order valence-electron chi connectivity index (χ2n) is 5.89. The average molecular weight is 329 g/mol. The lowest BCUT2D eigenvalue weighted by atomic mass is 10.0. The molecule has 0 bridgehead atoms. The molecule has 1 heterocycles. The first-order valence-corrected chi connectivity index (χ1v) is 7.86. The number of para-hydroxylation sites is 1. The van der Waals surface area contributed by atoms with Crippen molar-refractivity contribution in [3.63, 3.8) is 0 Å². The van der Waals surface area contributed by atoms with Crippen molar-refractivity contribution in [3.8, 4) is 0 Å². The normalized spacial score (nSPS) is 14.2. The number of halogens is 1. The lowest BCUT2D eigenvalue weighted by Crippen LogP contribution is -2.32. The van der Waals surface area contributed by atoms with Gasteiger partial charge in [0.1, 0.15) is 5.82 Å². The Bertz CT molecular complexity index is 751. The fourth-order valence-electron chi connectivity index (χ4n) is 2.83. The van der Waals surface area contributed by atoms with Crippen LogP contribution in [0.4, 0.5) is 20.6 Å². The Morgan fingerprint density at radius 2 is 2.12 bits per heavy atom. The van der Waals surface area contributed by atoms with Crippen molar-refractivity contribution in [3.05, 3.63) is 59.4 Å². The van der Waals surface area contributed by atoms with E-state index < -0.39 is 18.0 Å². The van der Waals surface area contributed by atoms with E-state index in [1.807, 2.05) is 25.2 Å². The lowest BCUT2D eigenvalue weighted by Gasteiger charge is -2.16. The van der Waals surface area contributed by atoms with Crippen LogP contribution in [0, 0.1) is 5.82 Å². The number of nitrogens with one attached hydrogen (secondary N) is 2. The fourth-order valence-corrected chi connectivity index (χ4v) is 2.83. The Balaban J connectivity index is 1.57. The number of likely N-dealkylation sites (N-methyl/N-ethyl adjacent to an activating group) is 1. The average Bonchev–Trinajstić information content (AvgIpc) is 2.95. The van der Waals surface area contributed by atoms with Crippen LogP contribution in [0.1, 0.15) is 17.2 Å². The second kappa shape index (κ2) is 6.88. The summed E-state index contributed by atoms with van der Waals surface area (Å²) in [6, 6.07) is 11.2. The molecule has 1 unspecified atom stereocenters. The molecule has 1 aliphatic rings. The highest BCUT2D eigenvalue weighted by molar-refractivity contribution is 5.89. The predicted molar refractivity (Wildman–Crippen MR) is 91.8 cm³/mol. The first-order valence-electron chi connectivity index (χ1n) is 7.86. The van der Waals surface area contributed by atoms with Crippen LogP contribution in [0.2, 0.25) is 0 Å². The number of amides is 2. The molecular formula is C18H20FN3O2. The Morgan fingerprint density at radius 1 is 1.33 bits per heavy atom. The summed E-state index contributed by atoms with van der Waals surface area (Å²) in [6.45, 7) is 1.02. The number of carbonyl (C=O) groups is 1. The van der Waals surface area contributed by atoms with E-state index in [1.165, 1.54) is 23.4 Å². The van der Waals surface area contributed by atoms with Gasteiger partial charge in [-0.05, 0) is 35.7 Å². The van der Waals surface area contributed by atoms with Gasteiger partial charge < -0.3 is 20.6 Å². The number of nitrogens with zero attached hydrogens (tertiary/aromatic N) is 1. The van der Waals surface area contributed by atoms with Crippen LogP contribution < -0.4 is 15.5 Å². The summed E-state index contributed by atoms with van der Waals surface area (Å²) in [4.78, 5) is 14.0. The molecule has 2 amide bonds. The molecule has 0 radical (unpaired) electrons. The number of rotatable bonds is 4. The molecule has 0 aromatic heterocycles. The van der Waals surface area contributed by atoms with Crippen molar-refractivity contribution in [2.24, 2.45) is 0 Å². The number of fused-ring (bicyclic) bond motifs is 1. The Hall–Kier alpha value is -2.60. The van der Waals surface area contributed by atoms with Crippen LogP contribution in [-0.4, -0.2) is 31.3 Å². The summed E-state index contributed by atoms with van der Waals surface area (Å²) in [5, 5.41) is 15.2. The number of hydrogen-bond donors (Lipinski definition) is 3. The van der Waals surface area contributed by atoms with E-state index in [9.17, 15) is 14.3 Å². The molecule has 0 saturated carbocycles. The molecule has 2 aromatic carbocycles. The van der Waals surface area contributed by atoms with Gasteiger partial charge in [0.15, 0.2) is 0 Å².